The van der Waals surface area contributed by atoms with E-state index in [2.05, 4.69) is 6.92 Å². The molecule has 1 aromatic carbocycles. The maximum absolute atomic E-state index is 10.4. The van der Waals surface area contributed by atoms with Crippen molar-refractivity contribution in [2.45, 2.75) is 11.8 Å². The minimum Gasteiger partial charge on any atom is -0.298 e. The van der Waals surface area contributed by atoms with Gasteiger partial charge in [-0.2, -0.15) is 0 Å². The van der Waals surface area contributed by atoms with Crippen molar-refractivity contribution in [2.24, 2.45) is 0 Å². The van der Waals surface area contributed by atoms with Crippen LogP contribution in [0.2, 0.25) is 0 Å². The Bertz CT molecular complexity index is 245. The van der Waals surface area contributed by atoms with Crippen LogP contribution in [0, 0.1) is 0 Å². The second-order valence-corrected chi connectivity index (χ2v) is 3.46. The monoisotopic (exact) mass is 166 g/mol. The molecular formula is C9H10OS. The van der Waals surface area contributed by atoms with Gasteiger partial charge in [0.05, 0.1) is 0 Å². The average Bonchev–Trinajstić information content (AvgIpc) is 2.06. The van der Waals surface area contributed by atoms with Crippen molar-refractivity contribution in [3.63, 3.8) is 0 Å². The molecule has 2 heteroatoms. The Kier molecular flexibility index (Phi) is 3.17. The van der Waals surface area contributed by atoms with E-state index in [0.29, 0.717) is 0 Å². The molecule has 0 amide bonds. The summed E-state index contributed by atoms with van der Waals surface area (Å²) in [4.78, 5) is 11.5. The van der Waals surface area contributed by atoms with E-state index in [1.54, 1.807) is 11.8 Å². The van der Waals surface area contributed by atoms with Gasteiger partial charge in [0.15, 0.2) is 0 Å². The molecule has 0 aromatic heterocycles. The largest absolute Gasteiger partial charge is 0.298 e. The van der Waals surface area contributed by atoms with Gasteiger partial charge in [0, 0.05) is 10.5 Å². The van der Waals surface area contributed by atoms with E-state index in [1.807, 2.05) is 24.3 Å². The van der Waals surface area contributed by atoms with Gasteiger partial charge in [-0.1, -0.05) is 19.1 Å². The molecule has 1 rings (SSSR count). The van der Waals surface area contributed by atoms with Crippen LogP contribution in [-0.4, -0.2) is 12.0 Å². The summed E-state index contributed by atoms with van der Waals surface area (Å²) < 4.78 is 0. The van der Waals surface area contributed by atoms with Crippen molar-refractivity contribution in [3.8, 4) is 0 Å². The summed E-state index contributed by atoms with van der Waals surface area (Å²) >= 11 is 1.75. The van der Waals surface area contributed by atoms with E-state index in [0.717, 1.165) is 22.5 Å². The summed E-state index contributed by atoms with van der Waals surface area (Å²) in [6.45, 7) is 2.10. The van der Waals surface area contributed by atoms with Crippen molar-refractivity contribution in [1.82, 2.24) is 0 Å². The minimum atomic E-state index is 0.753. The van der Waals surface area contributed by atoms with Gasteiger partial charge in [0.1, 0.15) is 6.29 Å². The number of rotatable bonds is 3. The molecule has 0 heterocycles. The highest BCUT2D eigenvalue weighted by molar-refractivity contribution is 7.99. The zero-order valence-corrected chi connectivity index (χ0v) is 7.23. The molecule has 0 aliphatic heterocycles. The molecule has 0 atom stereocenters. The molecular weight excluding hydrogens is 156 g/mol. The number of benzene rings is 1. The fourth-order valence-electron chi connectivity index (χ4n) is 0.844. The van der Waals surface area contributed by atoms with Crippen LogP contribution in [-0.2, 0) is 0 Å². The smallest absolute Gasteiger partial charge is 0.150 e. The van der Waals surface area contributed by atoms with Gasteiger partial charge in [-0.15, -0.1) is 11.8 Å². The molecule has 0 saturated carbocycles. The van der Waals surface area contributed by atoms with E-state index >= 15 is 0 Å². The second-order valence-electron chi connectivity index (χ2n) is 2.12. The average molecular weight is 166 g/mol. The lowest BCUT2D eigenvalue weighted by Crippen LogP contribution is -1.79. The summed E-state index contributed by atoms with van der Waals surface area (Å²) in [6, 6.07) is 7.64. The van der Waals surface area contributed by atoms with Gasteiger partial charge in [0.25, 0.3) is 0 Å². The molecule has 0 N–H and O–H groups in total. The number of hydrogen-bond acceptors (Lipinski definition) is 2. The number of aldehydes is 1. The number of thioether (sulfide) groups is 1. The Morgan fingerprint density at radius 3 is 3.00 bits per heavy atom. The Morgan fingerprint density at radius 2 is 2.36 bits per heavy atom. The molecule has 0 unspecified atom stereocenters. The highest BCUT2D eigenvalue weighted by Crippen LogP contribution is 2.17. The van der Waals surface area contributed by atoms with Gasteiger partial charge in [-0.25, -0.2) is 0 Å². The lowest BCUT2D eigenvalue weighted by molar-refractivity contribution is 0.112. The molecule has 0 aliphatic rings. The molecule has 0 bridgehead atoms. The second kappa shape index (κ2) is 4.19. The zero-order chi connectivity index (χ0) is 8.10. The highest BCUT2D eigenvalue weighted by atomic mass is 32.2. The summed E-state index contributed by atoms with van der Waals surface area (Å²) in [7, 11) is 0. The first-order valence-corrected chi connectivity index (χ1v) is 4.53. The van der Waals surface area contributed by atoms with Gasteiger partial charge in [-0.05, 0) is 17.9 Å². The fourth-order valence-corrected chi connectivity index (χ4v) is 1.57. The molecule has 58 valence electrons. The van der Waals surface area contributed by atoms with Crippen LogP contribution < -0.4 is 0 Å². The van der Waals surface area contributed by atoms with Crippen LogP contribution in [0.25, 0.3) is 0 Å². The van der Waals surface area contributed by atoms with E-state index in [9.17, 15) is 4.79 Å². The summed E-state index contributed by atoms with van der Waals surface area (Å²) in [5, 5.41) is 0. The van der Waals surface area contributed by atoms with E-state index < -0.39 is 0 Å². The third-order valence-electron chi connectivity index (χ3n) is 1.31. The lowest BCUT2D eigenvalue weighted by Gasteiger charge is -1.97. The van der Waals surface area contributed by atoms with Crippen LogP contribution in [0.3, 0.4) is 0 Å². The summed E-state index contributed by atoms with van der Waals surface area (Å²) in [5.41, 5.74) is 0.753. The lowest BCUT2D eigenvalue weighted by atomic mass is 10.2. The minimum absolute atomic E-state index is 0.753. The van der Waals surface area contributed by atoms with E-state index in [1.165, 1.54) is 0 Å². The number of carbonyl (C=O) groups is 1. The molecule has 0 spiro atoms. The predicted molar refractivity (Wildman–Crippen MR) is 48.2 cm³/mol. The summed E-state index contributed by atoms with van der Waals surface area (Å²) in [5.74, 6) is 1.04. The van der Waals surface area contributed by atoms with Crippen molar-refractivity contribution < 1.29 is 4.79 Å². The fraction of sp³-hybridized carbons (Fsp3) is 0.222. The van der Waals surface area contributed by atoms with E-state index in [-0.39, 0.29) is 0 Å². The molecule has 0 saturated heterocycles. The molecule has 0 aliphatic carbocycles. The molecule has 11 heavy (non-hydrogen) atoms. The van der Waals surface area contributed by atoms with Crippen molar-refractivity contribution in [1.29, 1.82) is 0 Å². The maximum Gasteiger partial charge on any atom is 0.150 e. The first kappa shape index (κ1) is 8.34. The van der Waals surface area contributed by atoms with Gasteiger partial charge < -0.3 is 0 Å². The normalized spacial score (nSPS) is 9.55. The Hall–Kier alpha value is -0.760. The van der Waals surface area contributed by atoms with Crippen molar-refractivity contribution in [3.05, 3.63) is 29.8 Å². The third-order valence-corrected chi connectivity index (χ3v) is 2.18. The van der Waals surface area contributed by atoms with Crippen LogP contribution in [0.15, 0.2) is 29.2 Å². The predicted octanol–water partition coefficient (Wildman–Crippen LogP) is 2.61. The van der Waals surface area contributed by atoms with Gasteiger partial charge in [0.2, 0.25) is 0 Å². The Balaban J connectivity index is 2.82. The third kappa shape index (κ3) is 2.39. The summed E-state index contributed by atoms with van der Waals surface area (Å²) in [6.07, 6.45) is 0.875. The maximum atomic E-state index is 10.4. The first-order valence-electron chi connectivity index (χ1n) is 3.55. The van der Waals surface area contributed by atoms with Gasteiger partial charge >= 0.3 is 0 Å². The molecule has 1 nitrogen and oxygen atoms in total. The highest BCUT2D eigenvalue weighted by Gasteiger charge is 1.92. The zero-order valence-electron chi connectivity index (χ0n) is 6.41. The van der Waals surface area contributed by atoms with Crippen LogP contribution in [0.4, 0.5) is 0 Å². The van der Waals surface area contributed by atoms with Crippen molar-refractivity contribution >= 4 is 18.0 Å². The standard InChI is InChI=1S/C9H10OS/c1-2-11-9-5-3-4-8(6-9)7-10/h3-7H,2H2,1H3. The van der Waals surface area contributed by atoms with Crippen molar-refractivity contribution in [2.75, 3.05) is 5.75 Å². The molecule has 0 fully saturated rings. The Morgan fingerprint density at radius 1 is 1.55 bits per heavy atom. The topological polar surface area (TPSA) is 17.1 Å². The van der Waals surface area contributed by atoms with Crippen LogP contribution >= 0.6 is 11.8 Å². The van der Waals surface area contributed by atoms with Gasteiger partial charge in [-0.3, -0.25) is 4.79 Å². The van der Waals surface area contributed by atoms with Crippen LogP contribution in [0.5, 0.6) is 0 Å². The van der Waals surface area contributed by atoms with Crippen LogP contribution in [0.1, 0.15) is 17.3 Å². The quantitative estimate of drug-likeness (QED) is 0.507. The molecule has 0 radical (unpaired) electrons. The number of hydrogen-bond donors (Lipinski definition) is 0. The van der Waals surface area contributed by atoms with E-state index in [4.69, 9.17) is 0 Å². The Labute approximate surface area is 70.8 Å². The number of carbonyl (C=O) groups excluding carboxylic acids is 1. The molecule has 1 aromatic rings. The first-order chi connectivity index (χ1) is 5.36. The SMILES string of the molecule is CCSc1cccc(C=O)c1.